The summed E-state index contributed by atoms with van der Waals surface area (Å²) < 4.78 is 7.57. The molecule has 0 aliphatic rings. The van der Waals surface area contributed by atoms with Crippen LogP contribution in [0.25, 0.3) is 16.9 Å². The van der Waals surface area contributed by atoms with Crippen molar-refractivity contribution >= 4 is 5.65 Å². The number of ether oxygens (including phenoxy) is 1. The van der Waals surface area contributed by atoms with Crippen LogP contribution in [0.1, 0.15) is 30.9 Å². The Bertz CT molecular complexity index is 787. The fourth-order valence-corrected chi connectivity index (χ4v) is 2.57. The van der Waals surface area contributed by atoms with E-state index >= 15 is 0 Å². The van der Waals surface area contributed by atoms with Crippen LogP contribution in [0.5, 0.6) is 5.75 Å². The maximum Gasteiger partial charge on any atom is 0.140 e. The largest absolute Gasteiger partial charge is 0.496 e. The SMILES string of the molecule is COc1ccc(C(C)C)cc1-c1cn2cccc(C)c2n1. The van der Waals surface area contributed by atoms with Crippen molar-refractivity contribution in [2.24, 2.45) is 0 Å². The lowest BCUT2D eigenvalue weighted by molar-refractivity contribution is 0.416. The first-order chi connectivity index (χ1) is 10.1. The molecule has 1 aromatic carbocycles. The minimum absolute atomic E-state index is 0.480. The predicted molar refractivity (Wildman–Crippen MR) is 86.0 cm³/mol. The summed E-state index contributed by atoms with van der Waals surface area (Å²) in [6.07, 6.45) is 4.09. The molecule has 0 atom stereocenters. The Morgan fingerprint density at radius 2 is 2.00 bits per heavy atom. The van der Waals surface area contributed by atoms with Crippen LogP contribution in [0.3, 0.4) is 0 Å². The number of nitrogens with zero attached hydrogens (tertiary/aromatic N) is 2. The van der Waals surface area contributed by atoms with Gasteiger partial charge in [0.2, 0.25) is 0 Å². The second-order valence-electron chi connectivity index (χ2n) is 5.66. The third kappa shape index (κ3) is 2.40. The van der Waals surface area contributed by atoms with Gasteiger partial charge in [-0.2, -0.15) is 0 Å². The number of hydrogen-bond acceptors (Lipinski definition) is 2. The Morgan fingerprint density at radius 1 is 1.19 bits per heavy atom. The molecule has 0 radical (unpaired) electrons. The molecule has 108 valence electrons. The number of aromatic nitrogens is 2. The highest BCUT2D eigenvalue weighted by Gasteiger charge is 2.13. The minimum atomic E-state index is 0.480. The molecular weight excluding hydrogens is 260 g/mol. The van der Waals surface area contributed by atoms with Gasteiger partial charge in [0, 0.05) is 18.0 Å². The van der Waals surface area contributed by atoms with Crippen molar-refractivity contribution in [3.63, 3.8) is 0 Å². The van der Waals surface area contributed by atoms with Gasteiger partial charge in [-0.25, -0.2) is 4.98 Å². The smallest absolute Gasteiger partial charge is 0.140 e. The Balaban J connectivity index is 2.21. The molecule has 0 N–H and O–H groups in total. The number of hydrogen-bond donors (Lipinski definition) is 0. The van der Waals surface area contributed by atoms with Crippen molar-refractivity contribution < 1.29 is 4.74 Å². The molecule has 21 heavy (non-hydrogen) atoms. The quantitative estimate of drug-likeness (QED) is 0.709. The van der Waals surface area contributed by atoms with E-state index in [-0.39, 0.29) is 0 Å². The van der Waals surface area contributed by atoms with Crippen LogP contribution in [0, 0.1) is 6.92 Å². The molecule has 0 aliphatic heterocycles. The van der Waals surface area contributed by atoms with Gasteiger partial charge in [0.15, 0.2) is 0 Å². The molecule has 0 saturated heterocycles. The Labute approximate surface area is 125 Å². The van der Waals surface area contributed by atoms with E-state index in [1.807, 2.05) is 18.3 Å². The van der Waals surface area contributed by atoms with Crippen molar-refractivity contribution in [2.75, 3.05) is 7.11 Å². The van der Waals surface area contributed by atoms with Crippen LogP contribution in [0.4, 0.5) is 0 Å². The van der Waals surface area contributed by atoms with Crippen LogP contribution in [-0.4, -0.2) is 16.5 Å². The zero-order chi connectivity index (χ0) is 15.0. The van der Waals surface area contributed by atoms with Crippen molar-refractivity contribution in [3.8, 4) is 17.0 Å². The second-order valence-corrected chi connectivity index (χ2v) is 5.66. The number of methoxy groups -OCH3 is 1. The second kappa shape index (κ2) is 5.24. The van der Waals surface area contributed by atoms with Gasteiger partial charge in [0.25, 0.3) is 0 Å². The van der Waals surface area contributed by atoms with E-state index in [0.29, 0.717) is 5.92 Å². The highest BCUT2D eigenvalue weighted by Crippen LogP contribution is 2.32. The molecule has 2 heterocycles. The summed E-state index contributed by atoms with van der Waals surface area (Å²) in [5, 5.41) is 0. The molecule has 3 aromatic rings. The van der Waals surface area contributed by atoms with Crippen molar-refractivity contribution in [1.29, 1.82) is 0 Å². The molecular formula is C18H20N2O. The Hall–Kier alpha value is -2.29. The summed E-state index contributed by atoms with van der Waals surface area (Å²) in [4.78, 5) is 4.77. The van der Waals surface area contributed by atoms with E-state index in [1.165, 1.54) is 11.1 Å². The highest BCUT2D eigenvalue weighted by molar-refractivity contribution is 5.71. The van der Waals surface area contributed by atoms with Gasteiger partial charge in [-0.3, -0.25) is 0 Å². The van der Waals surface area contributed by atoms with Crippen molar-refractivity contribution in [3.05, 3.63) is 53.9 Å². The Kier molecular flexibility index (Phi) is 3.42. The molecule has 3 heteroatoms. The van der Waals surface area contributed by atoms with Gasteiger partial charge in [-0.1, -0.05) is 26.0 Å². The van der Waals surface area contributed by atoms with Crippen LogP contribution in [-0.2, 0) is 0 Å². The maximum atomic E-state index is 5.51. The van der Waals surface area contributed by atoms with E-state index in [0.717, 1.165) is 22.7 Å². The van der Waals surface area contributed by atoms with Crippen LogP contribution < -0.4 is 4.74 Å². The number of fused-ring (bicyclic) bond motifs is 1. The fraction of sp³-hybridized carbons (Fsp3) is 0.278. The van der Waals surface area contributed by atoms with E-state index in [9.17, 15) is 0 Å². The number of rotatable bonds is 3. The fourth-order valence-electron chi connectivity index (χ4n) is 2.57. The third-order valence-corrected chi connectivity index (χ3v) is 3.84. The molecule has 0 aliphatic carbocycles. The number of pyridine rings is 1. The van der Waals surface area contributed by atoms with E-state index in [4.69, 9.17) is 9.72 Å². The van der Waals surface area contributed by atoms with Crippen LogP contribution in [0.2, 0.25) is 0 Å². The maximum absolute atomic E-state index is 5.51. The summed E-state index contributed by atoms with van der Waals surface area (Å²) in [6, 6.07) is 10.4. The molecule has 0 spiro atoms. The summed E-state index contributed by atoms with van der Waals surface area (Å²) in [5.41, 5.74) is 5.45. The van der Waals surface area contributed by atoms with Crippen molar-refractivity contribution in [2.45, 2.75) is 26.7 Å². The Morgan fingerprint density at radius 3 is 2.67 bits per heavy atom. The predicted octanol–water partition coefficient (Wildman–Crippen LogP) is 4.44. The number of imidazole rings is 1. The first kappa shape index (κ1) is 13.7. The molecule has 0 amide bonds. The average molecular weight is 280 g/mol. The topological polar surface area (TPSA) is 26.5 Å². The van der Waals surface area contributed by atoms with Gasteiger partial charge in [-0.05, 0) is 42.2 Å². The van der Waals surface area contributed by atoms with Gasteiger partial charge in [0.1, 0.15) is 11.4 Å². The third-order valence-electron chi connectivity index (χ3n) is 3.84. The number of benzene rings is 1. The van der Waals surface area contributed by atoms with E-state index in [2.05, 4.69) is 49.6 Å². The molecule has 2 aromatic heterocycles. The van der Waals surface area contributed by atoms with Gasteiger partial charge < -0.3 is 9.14 Å². The van der Waals surface area contributed by atoms with Gasteiger partial charge in [0.05, 0.1) is 12.8 Å². The summed E-state index contributed by atoms with van der Waals surface area (Å²) in [5.74, 6) is 1.34. The zero-order valence-electron chi connectivity index (χ0n) is 12.9. The lowest BCUT2D eigenvalue weighted by atomic mass is 9.99. The lowest BCUT2D eigenvalue weighted by Gasteiger charge is -2.11. The highest BCUT2D eigenvalue weighted by atomic mass is 16.5. The van der Waals surface area contributed by atoms with Gasteiger partial charge in [-0.15, -0.1) is 0 Å². The number of aryl methyl sites for hydroxylation is 1. The standard InChI is InChI=1S/C18H20N2O/c1-12(2)14-7-8-17(21-4)15(10-14)16-11-20-9-5-6-13(3)18(20)19-16/h5-12H,1-4H3. The van der Waals surface area contributed by atoms with Crippen LogP contribution >= 0.6 is 0 Å². The normalized spacial score (nSPS) is 11.3. The lowest BCUT2D eigenvalue weighted by Crippen LogP contribution is -1.93. The monoisotopic (exact) mass is 280 g/mol. The molecule has 0 bridgehead atoms. The minimum Gasteiger partial charge on any atom is -0.496 e. The molecule has 3 rings (SSSR count). The molecule has 0 unspecified atom stereocenters. The van der Waals surface area contributed by atoms with Gasteiger partial charge >= 0.3 is 0 Å². The van der Waals surface area contributed by atoms with E-state index < -0.39 is 0 Å². The first-order valence-electron chi connectivity index (χ1n) is 7.23. The average Bonchev–Trinajstić information content (AvgIpc) is 2.92. The summed E-state index contributed by atoms with van der Waals surface area (Å²) in [6.45, 7) is 6.46. The first-order valence-corrected chi connectivity index (χ1v) is 7.23. The molecule has 3 nitrogen and oxygen atoms in total. The summed E-state index contributed by atoms with van der Waals surface area (Å²) >= 11 is 0. The summed E-state index contributed by atoms with van der Waals surface area (Å²) in [7, 11) is 1.70. The van der Waals surface area contributed by atoms with Crippen molar-refractivity contribution in [1.82, 2.24) is 9.38 Å². The molecule has 0 saturated carbocycles. The van der Waals surface area contributed by atoms with E-state index in [1.54, 1.807) is 7.11 Å². The van der Waals surface area contributed by atoms with Crippen LogP contribution in [0.15, 0.2) is 42.7 Å². The molecule has 0 fully saturated rings. The zero-order valence-corrected chi connectivity index (χ0v) is 12.9.